The number of fused-ring (bicyclic) bond motifs is 2. The van der Waals surface area contributed by atoms with E-state index in [1.165, 1.54) is 4.57 Å². The van der Waals surface area contributed by atoms with Crippen molar-refractivity contribution in [2.24, 2.45) is 7.05 Å². The summed E-state index contributed by atoms with van der Waals surface area (Å²) in [5, 5.41) is 1.03. The molecule has 0 saturated carbocycles. The maximum Gasteiger partial charge on any atom is 0.331 e. The number of benzene rings is 2. The van der Waals surface area contributed by atoms with Crippen LogP contribution in [0.1, 0.15) is 22.6 Å². The highest BCUT2D eigenvalue weighted by atomic mass is 16.3. The average molecular weight is 425 g/mol. The number of furan rings is 1. The van der Waals surface area contributed by atoms with Crippen LogP contribution in [0.2, 0.25) is 0 Å². The molecule has 0 radical (unpaired) electrons. The Labute approximate surface area is 185 Å². The first-order valence-corrected chi connectivity index (χ1v) is 10.7. The van der Waals surface area contributed by atoms with Gasteiger partial charge in [0.25, 0.3) is 5.56 Å². The molecule has 0 bridgehead atoms. The molecule has 0 aliphatic carbocycles. The molecule has 0 amide bonds. The maximum atomic E-state index is 13.2. The molecule has 0 N–H and O–H groups in total. The molecule has 4 aromatic rings. The molecule has 2 aromatic carbocycles. The lowest BCUT2D eigenvalue weighted by molar-refractivity contribution is 0.275. The Morgan fingerprint density at radius 1 is 1.03 bits per heavy atom. The molecule has 6 nitrogen and oxygen atoms in total. The highest BCUT2D eigenvalue weighted by Gasteiger charge is 2.23. The van der Waals surface area contributed by atoms with Crippen molar-refractivity contribution in [1.82, 2.24) is 14.0 Å². The molecule has 0 unspecified atom stereocenters. The van der Waals surface area contributed by atoms with Crippen LogP contribution in [0.3, 0.4) is 0 Å². The minimum Gasteiger partial charge on any atom is -0.448 e. The summed E-state index contributed by atoms with van der Waals surface area (Å²) in [6, 6.07) is 19.3. The highest BCUT2D eigenvalue weighted by molar-refractivity contribution is 5.78. The van der Waals surface area contributed by atoms with Gasteiger partial charge in [-0.15, -0.1) is 0 Å². The molecule has 32 heavy (non-hydrogen) atoms. The lowest BCUT2D eigenvalue weighted by Crippen LogP contribution is -2.47. The predicted octanol–water partition coefficient (Wildman–Crippen LogP) is 2.75. The molecule has 160 valence electrons. The monoisotopic (exact) mass is 425 g/mol. The van der Waals surface area contributed by atoms with Crippen molar-refractivity contribution in [3.05, 3.63) is 104 Å². The Bertz CT molecular complexity index is 1430. The average Bonchev–Trinajstić information content (AvgIpc) is 3.24. The van der Waals surface area contributed by atoms with Gasteiger partial charge in [-0.25, -0.2) is 4.79 Å². The van der Waals surface area contributed by atoms with E-state index in [-0.39, 0.29) is 17.8 Å². The normalized spacial score (nSPS) is 13.5. The zero-order valence-corrected chi connectivity index (χ0v) is 17.9. The van der Waals surface area contributed by atoms with Gasteiger partial charge in [0, 0.05) is 43.7 Å². The van der Waals surface area contributed by atoms with Crippen LogP contribution in [0.25, 0.3) is 11.0 Å². The third-order valence-corrected chi connectivity index (χ3v) is 5.94. The highest BCUT2D eigenvalue weighted by Crippen LogP contribution is 2.18. The quantitative estimate of drug-likeness (QED) is 0.474. The Morgan fingerprint density at radius 2 is 1.81 bits per heavy atom. The maximum absolute atomic E-state index is 13.2. The summed E-state index contributed by atoms with van der Waals surface area (Å²) in [5.74, 6) is 6.89. The van der Waals surface area contributed by atoms with Crippen LogP contribution in [-0.4, -0.2) is 27.1 Å². The first-order chi connectivity index (χ1) is 15.6. The summed E-state index contributed by atoms with van der Waals surface area (Å²) in [5.41, 5.74) is 2.78. The van der Waals surface area contributed by atoms with Crippen LogP contribution < -0.4 is 11.2 Å². The molecule has 5 rings (SSSR count). The fraction of sp³-hybridized carbons (Fsp3) is 0.231. The minimum absolute atomic E-state index is 0.207. The zero-order valence-electron chi connectivity index (χ0n) is 17.9. The molecular formula is C26H23N3O3. The van der Waals surface area contributed by atoms with E-state index in [0.717, 1.165) is 28.8 Å². The van der Waals surface area contributed by atoms with Crippen LogP contribution in [0.15, 0.2) is 74.7 Å². The van der Waals surface area contributed by atoms with Gasteiger partial charge in [-0.3, -0.25) is 14.3 Å². The van der Waals surface area contributed by atoms with E-state index < -0.39 is 0 Å². The van der Waals surface area contributed by atoms with Gasteiger partial charge in [-0.2, -0.15) is 0 Å². The number of hydrogen-bond acceptors (Lipinski definition) is 4. The van der Waals surface area contributed by atoms with Crippen LogP contribution in [0, 0.1) is 11.8 Å². The van der Waals surface area contributed by atoms with E-state index in [1.54, 1.807) is 11.6 Å². The predicted molar refractivity (Wildman–Crippen MR) is 124 cm³/mol. The lowest BCUT2D eigenvalue weighted by Gasteiger charge is -2.28. The standard InChI is InChI=1S/C26H23N3O3/c1-27-23-13-15-28(14-7-11-21-16-20-10-5-6-12-24(20)32-21)18-22(23)25(30)29(26(27)31)17-19-8-3-2-4-9-19/h2-6,8-10,12,16H,13-15,17-18H2,1H3. The number of hydrogen-bond donors (Lipinski definition) is 0. The fourth-order valence-electron chi connectivity index (χ4n) is 4.24. The van der Waals surface area contributed by atoms with Crippen molar-refractivity contribution in [1.29, 1.82) is 0 Å². The molecule has 3 heterocycles. The molecular weight excluding hydrogens is 402 g/mol. The smallest absolute Gasteiger partial charge is 0.331 e. The van der Waals surface area contributed by atoms with E-state index >= 15 is 0 Å². The first-order valence-electron chi connectivity index (χ1n) is 10.7. The molecule has 1 aliphatic rings. The van der Waals surface area contributed by atoms with Gasteiger partial charge in [0.1, 0.15) is 5.58 Å². The Hall–Kier alpha value is -3.82. The number of para-hydroxylation sites is 1. The van der Waals surface area contributed by atoms with Crippen LogP contribution >= 0.6 is 0 Å². The summed E-state index contributed by atoms with van der Waals surface area (Å²) in [6.07, 6.45) is 0.648. The van der Waals surface area contributed by atoms with Crippen molar-refractivity contribution >= 4 is 11.0 Å². The summed E-state index contributed by atoms with van der Waals surface area (Å²) < 4.78 is 8.70. The largest absolute Gasteiger partial charge is 0.448 e. The Kier molecular flexibility index (Phi) is 5.26. The summed E-state index contributed by atoms with van der Waals surface area (Å²) >= 11 is 0. The van der Waals surface area contributed by atoms with E-state index in [9.17, 15) is 9.59 Å². The number of nitrogens with zero attached hydrogens (tertiary/aromatic N) is 3. The second-order valence-corrected chi connectivity index (χ2v) is 8.05. The molecule has 6 heteroatoms. The van der Waals surface area contributed by atoms with Crippen molar-refractivity contribution in [2.45, 2.75) is 19.5 Å². The van der Waals surface area contributed by atoms with Crippen molar-refractivity contribution < 1.29 is 4.42 Å². The third kappa shape index (κ3) is 3.79. The fourth-order valence-corrected chi connectivity index (χ4v) is 4.24. The molecule has 0 spiro atoms. The number of aromatic nitrogens is 2. The van der Waals surface area contributed by atoms with Gasteiger partial charge in [-0.05, 0) is 17.6 Å². The Balaban J connectivity index is 1.38. The van der Waals surface area contributed by atoms with Crippen molar-refractivity contribution in [3.63, 3.8) is 0 Å². The number of rotatable bonds is 3. The van der Waals surface area contributed by atoms with E-state index in [1.807, 2.05) is 60.7 Å². The summed E-state index contributed by atoms with van der Waals surface area (Å²) in [7, 11) is 1.75. The molecule has 0 fully saturated rings. The van der Waals surface area contributed by atoms with Gasteiger partial charge >= 0.3 is 5.69 Å². The van der Waals surface area contributed by atoms with Crippen molar-refractivity contribution in [2.75, 3.05) is 13.1 Å². The van der Waals surface area contributed by atoms with Gasteiger partial charge in [-0.1, -0.05) is 54.5 Å². The van der Waals surface area contributed by atoms with Crippen LogP contribution in [0.4, 0.5) is 0 Å². The van der Waals surface area contributed by atoms with Crippen LogP contribution in [0.5, 0.6) is 0 Å². The molecule has 2 aromatic heterocycles. The second-order valence-electron chi connectivity index (χ2n) is 8.05. The van der Waals surface area contributed by atoms with Gasteiger partial charge in [0.2, 0.25) is 0 Å². The minimum atomic E-state index is -0.268. The van der Waals surface area contributed by atoms with E-state index in [2.05, 4.69) is 16.7 Å². The van der Waals surface area contributed by atoms with Crippen molar-refractivity contribution in [3.8, 4) is 11.8 Å². The summed E-state index contributed by atoms with van der Waals surface area (Å²) in [4.78, 5) is 28.2. The molecule has 0 atom stereocenters. The Morgan fingerprint density at radius 3 is 2.62 bits per heavy atom. The third-order valence-electron chi connectivity index (χ3n) is 5.94. The van der Waals surface area contributed by atoms with E-state index in [0.29, 0.717) is 30.8 Å². The van der Waals surface area contributed by atoms with Gasteiger partial charge < -0.3 is 8.98 Å². The second kappa shape index (κ2) is 8.37. The summed E-state index contributed by atoms with van der Waals surface area (Å²) in [6.45, 7) is 2.02. The topological polar surface area (TPSA) is 60.4 Å². The van der Waals surface area contributed by atoms with E-state index in [4.69, 9.17) is 4.42 Å². The lowest BCUT2D eigenvalue weighted by atomic mass is 10.1. The van der Waals surface area contributed by atoms with Crippen LogP contribution in [-0.2, 0) is 26.6 Å². The molecule has 0 saturated heterocycles. The zero-order chi connectivity index (χ0) is 22.1. The van der Waals surface area contributed by atoms with Gasteiger partial charge in [0.05, 0.1) is 18.7 Å². The van der Waals surface area contributed by atoms with Gasteiger partial charge in [0.15, 0.2) is 5.76 Å². The molecule has 1 aliphatic heterocycles. The first kappa shape index (κ1) is 20.1. The SMILES string of the molecule is Cn1c2c(c(=O)n(Cc3ccccc3)c1=O)CN(CC#Cc1cc3ccccc3o1)CC2.